The van der Waals surface area contributed by atoms with E-state index in [-0.39, 0.29) is 37.6 Å². The van der Waals surface area contributed by atoms with Crippen molar-refractivity contribution in [2.75, 3.05) is 40.4 Å². The molecule has 9 heteroatoms. The van der Waals surface area contributed by atoms with Crippen LogP contribution in [-0.2, 0) is 24.3 Å². The second-order valence-electron chi connectivity index (χ2n) is 6.16. The lowest BCUT2D eigenvalue weighted by Crippen LogP contribution is -2.43. The number of carbonyl (C=O) groups excluding carboxylic acids is 1. The number of hydrogen-bond donors (Lipinski definition) is 1. The summed E-state index contributed by atoms with van der Waals surface area (Å²) in [6, 6.07) is 7.83. The van der Waals surface area contributed by atoms with E-state index in [2.05, 4.69) is 0 Å². The second-order valence-corrected chi connectivity index (χ2v) is 8.20. The molecule has 0 radical (unpaired) electrons. The van der Waals surface area contributed by atoms with E-state index in [0.717, 1.165) is 4.31 Å². The van der Waals surface area contributed by atoms with Crippen molar-refractivity contribution < 1.29 is 27.9 Å². The molecule has 8 nitrogen and oxygen atoms in total. The van der Waals surface area contributed by atoms with Crippen LogP contribution in [0.3, 0.4) is 0 Å². The normalized spacial score (nSPS) is 20.8. The van der Waals surface area contributed by atoms with Gasteiger partial charge >= 0.3 is 5.97 Å². The van der Waals surface area contributed by atoms with Crippen LogP contribution in [0, 0.1) is 5.41 Å². The Morgan fingerprint density at radius 1 is 1.32 bits per heavy atom. The third-order valence-electron chi connectivity index (χ3n) is 4.39. The van der Waals surface area contributed by atoms with Gasteiger partial charge in [0.25, 0.3) is 0 Å². The van der Waals surface area contributed by atoms with Crippen molar-refractivity contribution in [3.63, 3.8) is 0 Å². The Labute approximate surface area is 147 Å². The fourth-order valence-electron chi connectivity index (χ4n) is 2.86. The van der Waals surface area contributed by atoms with Crippen molar-refractivity contribution >= 4 is 21.9 Å². The van der Waals surface area contributed by atoms with Gasteiger partial charge in [-0.25, -0.2) is 8.42 Å². The molecule has 1 N–H and O–H groups in total. The van der Waals surface area contributed by atoms with Gasteiger partial charge < -0.3 is 14.7 Å². The van der Waals surface area contributed by atoms with E-state index in [1.165, 1.54) is 31.2 Å². The Bertz CT molecular complexity index is 736. The topological polar surface area (TPSA) is 104 Å². The number of nitrogens with zero attached hydrogens (tertiary/aromatic N) is 2. The zero-order chi connectivity index (χ0) is 18.7. The molecule has 0 bridgehead atoms. The van der Waals surface area contributed by atoms with Crippen LogP contribution in [0.4, 0.5) is 0 Å². The Hall–Kier alpha value is -1.97. The predicted octanol–water partition coefficient (Wildman–Crippen LogP) is 0.257. The summed E-state index contributed by atoms with van der Waals surface area (Å²) < 4.78 is 30.9. The third-order valence-corrected chi connectivity index (χ3v) is 6.21. The Morgan fingerprint density at radius 2 is 1.96 bits per heavy atom. The van der Waals surface area contributed by atoms with Gasteiger partial charge in [-0.3, -0.25) is 9.59 Å². The van der Waals surface area contributed by atoms with Gasteiger partial charge in [-0.05, 0) is 18.6 Å². The van der Waals surface area contributed by atoms with Crippen LogP contribution in [0.1, 0.15) is 6.42 Å². The summed E-state index contributed by atoms with van der Waals surface area (Å²) >= 11 is 0. The molecule has 1 aromatic rings. The van der Waals surface area contributed by atoms with E-state index < -0.39 is 27.3 Å². The van der Waals surface area contributed by atoms with Gasteiger partial charge in [-0.1, -0.05) is 18.2 Å². The highest BCUT2D eigenvalue weighted by Crippen LogP contribution is 2.31. The van der Waals surface area contributed by atoms with E-state index in [0.29, 0.717) is 0 Å². The summed E-state index contributed by atoms with van der Waals surface area (Å²) in [5.41, 5.74) is -1.14. The number of amides is 1. The lowest BCUT2D eigenvalue weighted by molar-refractivity contribution is -0.151. The maximum Gasteiger partial charge on any atom is 0.313 e. The van der Waals surface area contributed by atoms with Crippen molar-refractivity contribution in [2.24, 2.45) is 5.41 Å². The molecule has 25 heavy (non-hydrogen) atoms. The maximum atomic E-state index is 12.5. The van der Waals surface area contributed by atoms with E-state index in [1.54, 1.807) is 18.2 Å². The molecule has 1 aromatic carbocycles. The summed E-state index contributed by atoms with van der Waals surface area (Å²) in [6.07, 6.45) is 0.275. The number of likely N-dealkylation sites (tertiary alicyclic amines) is 1. The Balaban J connectivity index is 2.06. The van der Waals surface area contributed by atoms with Crippen LogP contribution in [0.25, 0.3) is 0 Å². The standard InChI is InChI=1S/C16H22N2O6S/c1-17(25(22,23)13-6-4-3-5-7-13)10-14(19)18-9-8-16(11-18,12-24-2)15(20)21/h3-7H,8-12H2,1-2H3,(H,20,21). The molecule has 1 unspecified atom stereocenters. The zero-order valence-corrected chi connectivity index (χ0v) is 15.0. The molecule has 1 amide bonds. The number of carbonyl (C=O) groups is 2. The molecule has 1 atom stereocenters. The number of ether oxygens (including phenoxy) is 1. The monoisotopic (exact) mass is 370 g/mol. The van der Waals surface area contributed by atoms with E-state index in [1.807, 2.05) is 0 Å². The number of aliphatic carboxylic acids is 1. The van der Waals surface area contributed by atoms with Crippen LogP contribution >= 0.6 is 0 Å². The highest BCUT2D eigenvalue weighted by molar-refractivity contribution is 7.89. The largest absolute Gasteiger partial charge is 0.481 e. The Morgan fingerprint density at radius 3 is 2.52 bits per heavy atom. The first-order valence-electron chi connectivity index (χ1n) is 7.74. The highest BCUT2D eigenvalue weighted by atomic mass is 32.2. The van der Waals surface area contributed by atoms with Gasteiger partial charge in [-0.2, -0.15) is 4.31 Å². The quantitative estimate of drug-likeness (QED) is 0.738. The van der Waals surface area contributed by atoms with Gasteiger partial charge in [0.1, 0.15) is 5.41 Å². The van der Waals surface area contributed by atoms with Crippen molar-refractivity contribution in [2.45, 2.75) is 11.3 Å². The summed E-state index contributed by atoms with van der Waals surface area (Å²) in [5.74, 6) is -1.45. The van der Waals surface area contributed by atoms with Crippen molar-refractivity contribution in [3.8, 4) is 0 Å². The molecule has 2 rings (SSSR count). The molecule has 1 heterocycles. The number of rotatable bonds is 7. The molecule has 0 aliphatic carbocycles. The molecule has 0 saturated carbocycles. The number of benzene rings is 1. The number of hydrogen-bond acceptors (Lipinski definition) is 5. The fourth-order valence-corrected chi connectivity index (χ4v) is 4.00. The molecular formula is C16H22N2O6S. The molecule has 1 aliphatic rings. The van der Waals surface area contributed by atoms with Crippen LogP contribution in [0.5, 0.6) is 0 Å². The summed E-state index contributed by atoms with van der Waals surface area (Å²) in [4.78, 5) is 25.4. The summed E-state index contributed by atoms with van der Waals surface area (Å²) in [5, 5.41) is 9.43. The van der Waals surface area contributed by atoms with Crippen LogP contribution < -0.4 is 0 Å². The first-order valence-corrected chi connectivity index (χ1v) is 9.18. The van der Waals surface area contributed by atoms with Crippen molar-refractivity contribution in [3.05, 3.63) is 30.3 Å². The third kappa shape index (κ3) is 4.00. The first kappa shape index (κ1) is 19.4. The minimum atomic E-state index is -3.77. The van der Waals surface area contributed by atoms with Gasteiger partial charge in [0, 0.05) is 27.2 Å². The number of likely N-dealkylation sites (N-methyl/N-ethyl adjacent to an activating group) is 1. The predicted molar refractivity (Wildman–Crippen MR) is 89.4 cm³/mol. The van der Waals surface area contributed by atoms with E-state index in [4.69, 9.17) is 4.74 Å². The minimum Gasteiger partial charge on any atom is -0.481 e. The average molecular weight is 370 g/mol. The van der Waals surface area contributed by atoms with Crippen LogP contribution in [0.15, 0.2) is 35.2 Å². The number of carboxylic acids is 1. The molecule has 0 spiro atoms. The van der Waals surface area contributed by atoms with E-state index in [9.17, 15) is 23.1 Å². The molecule has 1 aliphatic heterocycles. The second kappa shape index (κ2) is 7.51. The van der Waals surface area contributed by atoms with Crippen molar-refractivity contribution in [1.82, 2.24) is 9.21 Å². The number of carboxylic acid groups (broad SMARTS) is 1. The van der Waals surface area contributed by atoms with Crippen LogP contribution in [0.2, 0.25) is 0 Å². The molecule has 138 valence electrons. The molecule has 1 fully saturated rings. The smallest absolute Gasteiger partial charge is 0.313 e. The minimum absolute atomic E-state index is 0.00423. The highest BCUT2D eigenvalue weighted by Gasteiger charge is 2.46. The maximum absolute atomic E-state index is 12.5. The van der Waals surface area contributed by atoms with Gasteiger partial charge in [0.2, 0.25) is 15.9 Å². The van der Waals surface area contributed by atoms with Gasteiger partial charge in [0.15, 0.2) is 0 Å². The average Bonchev–Trinajstić information content (AvgIpc) is 3.01. The van der Waals surface area contributed by atoms with Gasteiger partial charge in [-0.15, -0.1) is 0 Å². The van der Waals surface area contributed by atoms with Crippen LogP contribution in [-0.4, -0.2) is 75.0 Å². The molecular weight excluding hydrogens is 348 g/mol. The SMILES string of the molecule is COCC1(C(=O)O)CCN(C(=O)CN(C)S(=O)(=O)c2ccccc2)C1. The van der Waals surface area contributed by atoms with Crippen molar-refractivity contribution in [1.29, 1.82) is 0 Å². The lowest BCUT2D eigenvalue weighted by atomic mass is 9.88. The lowest BCUT2D eigenvalue weighted by Gasteiger charge is -2.25. The Kier molecular flexibility index (Phi) is 5.81. The van der Waals surface area contributed by atoms with Gasteiger partial charge in [0.05, 0.1) is 18.0 Å². The molecule has 1 saturated heterocycles. The first-order chi connectivity index (χ1) is 11.7. The van der Waals surface area contributed by atoms with E-state index >= 15 is 0 Å². The fraction of sp³-hybridized carbons (Fsp3) is 0.500. The summed E-state index contributed by atoms with van der Waals surface area (Å²) in [7, 11) is -1.03. The summed E-state index contributed by atoms with van der Waals surface area (Å²) in [6.45, 7) is -0.0773. The number of sulfonamides is 1. The number of methoxy groups -OCH3 is 1. The zero-order valence-electron chi connectivity index (χ0n) is 14.2. The molecule has 0 aromatic heterocycles.